The number of benzene rings is 1. The zero-order valence-electron chi connectivity index (χ0n) is 14.9. The van der Waals surface area contributed by atoms with E-state index in [0.717, 1.165) is 24.5 Å². The zero-order valence-corrected chi connectivity index (χ0v) is 14.9. The van der Waals surface area contributed by atoms with E-state index in [4.69, 9.17) is 9.47 Å². The van der Waals surface area contributed by atoms with Crippen LogP contribution in [0.25, 0.3) is 0 Å². The molecule has 1 saturated heterocycles. The number of hydrogen-bond acceptors (Lipinski definition) is 5. The summed E-state index contributed by atoms with van der Waals surface area (Å²) in [6.07, 6.45) is 3.21. The number of ether oxygens (including phenoxy) is 2. The van der Waals surface area contributed by atoms with Crippen LogP contribution in [0.15, 0.2) is 42.6 Å². The molecule has 0 unspecified atom stereocenters. The van der Waals surface area contributed by atoms with E-state index in [9.17, 15) is 4.79 Å². The van der Waals surface area contributed by atoms with Crippen LogP contribution in [0.2, 0.25) is 0 Å². The highest BCUT2D eigenvalue weighted by Gasteiger charge is 2.33. The first-order chi connectivity index (χ1) is 12.7. The van der Waals surface area contributed by atoms with Gasteiger partial charge in [-0.1, -0.05) is 12.1 Å². The van der Waals surface area contributed by atoms with E-state index in [1.165, 1.54) is 12.8 Å². The van der Waals surface area contributed by atoms with Crippen LogP contribution in [0, 0.1) is 0 Å². The normalized spacial score (nSPS) is 21.5. The SMILES string of the molecule is C[C@H]1Oc2ccccc2O[C@@H]1C(=O)NCc1ccnc(N2CCCC2)c1. The Morgan fingerprint density at radius 1 is 1.19 bits per heavy atom. The number of carbonyl (C=O) groups is 1. The predicted molar refractivity (Wildman–Crippen MR) is 98.5 cm³/mol. The first-order valence-electron chi connectivity index (χ1n) is 9.10. The van der Waals surface area contributed by atoms with Crippen molar-refractivity contribution < 1.29 is 14.3 Å². The largest absolute Gasteiger partial charge is 0.482 e. The summed E-state index contributed by atoms with van der Waals surface area (Å²) in [4.78, 5) is 19.3. The van der Waals surface area contributed by atoms with E-state index in [0.29, 0.717) is 18.0 Å². The molecular formula is C20H23N3O3. The minimum atomic E-state index is -0.662. The summed E-state index contributed by atoms with van der Waals surface area (Å²) in [6.45, 7) is 4.38. The van der Waals surface area contributed by atoms with Crippen LogP contribution >= 0.6 is 0 Å². The number of carbonyl (C=O) groups excluding carboxylic acids is 1. The summed E-state index contributed by atoms with van der Waals surface area (Å²) in [7, 11) is 0. The molecule has 1 fully saturated rings. The summed E-state index contributed by atoms with van der Waals surface area (Å²) >= 11 is 0. The fourth-order valence-corrected chi connectivity index (χ4v) is 3.39. The molecule has 1 aromatic carbocycles. The maximum absolute atomic E-state index is 12.6. The summed E-state index contributed by atoms with van der Waals surface area (Å²) in [5.41, 5.74) is 1.03. The lowest BCUT2D eigenvalue weighted by molar-refractivity contribution is -0.133. The molecular weight excluding hydrogens is 330 g/mol. The smallest absolute Gasteiger partial charge is 0.265 e. The molecule has 2 aliphatic heterocycles. The van der Waals surface area contributed by atoms with Gasteiger partial charge in [0.1, 0.15) is 11.9 Å². The lowest BCUT2D eigenvalue weighted by Crippen LogP contribution is -2.48. The first kappa shape index (κ1) is 16.7. The fraction of sp³-hybridized carbons (Fsp3) is 0.400. The Kier molecular flexibility index (Phi) is 4.65. The van der Waals surface area contributed by atoms with Gasteiger partial charge in [0.05, 0.1) is 0 Å². The van der Waals surface area contributed by atoms with E-state index >= 15 is 0 Å². The standard InChI is InChI=1S/C20H23N3O3/c1-14-19(26-17-7-3-2-6-16(17)25-14)20(24)22-13-15-8-9-21-18(12-15)23-10-4-5-11-23/h2-3,6-9,12,14,19H,4-5,10-11,13H2,1H3,(H,22,24)/t14-,19+/m1/s1. The molecule has 6 heteroatoms. The molecule has 4 rings (SSSR count). The molecule has 2 aromatic rings. The Labute approximate surface area is 153 Å². The molecule has 1 N–H and O–H groups in total. The van der Waals surface area contributed by atoms with Gasteiger partial charge in [-0.25, -0.2) is 4.98 Å². The van der Waals surface area contributed by atoms with Crippen LogP contribution in [0.1, 0.15) is 25.3 Å². The molecule has 0 bridgehead atoms. The van der Waals surface area contributed by atoms with Crippen LogP contribution < -0.4 is 19.7 Å². The highest BCUT2D eigenvalue weighted by Crippen LogP contribution is 2.33. The molecule has 3 heterocycles. The van der Waals surface area contributed by atoms with Gasteiger partial charge < -0.3 is 19.7 Å². The van der Waals surface area contributed by atoms with Crippen LogP contribution in [0.4, 0.5) is 5.82 Å². The van der Waals surface area contributed by atoms with E-state index in [1.54, 1.807) is 6.20 Å². The van der Waals surface area contributed by atoms with Crippen molar-refractivity contribution in [1.82, 2.24) is 10.3 Å². The maximum atomic E-state index is 12.6. The average Bonchev–Trinajstić information content (AvgIpc) is 3.20. The number of hydrogen-bond donors (Lipinski definition) is 1. The number of nitrogens with one attached hydrogen (secondary N) is 1. The third-order valence-electron chi connectivity index (χ3n) is 4.81. The minimum absolute atomic E-state index is 0.175. The zero-order chi connectivity index (χ0) is 17.9. The summed E-state index contributed by atoms with van der Waals surface area (Å²) < 4.78 is 11.6. The van der Waals surface area contributed by atoms with E-state index in [1.807, 2.05) is 43.3 Å². The lowest BCUT2D eigenvalue weighted by Gasteiger charge is -2.31. The Balaban J connectivity index is 1.39. The van der Waals surface area contributed by atoms with Crippen molar-refractivity contribution in [2.75, 3.05) is 18.0 Å². The second-order valence-electron chi connectivity index (χ2n) is 6.74. The Morgan fingerprint density at radius 3 is 2.69 bits per heavy atom. The van der Waals surface area contributed by atoms with Crippen molar-refractivity contribution in [3.8, 4) is 11.5 Å². The van der Waals surface area contributed by atoms with E-state index < -0.39 is 6.10 Å². The molecule has 0 spiro atoms. The van der Waals surface area contributed by atoms with Gasteiger partial charge in [0.25, 0.3) is 5.91 Å². The van der Waals surface area contributed by atoms with Crippen molar-refractivity contribution in [2.45, 2.75) is 38.5 Å². The van der Waals surface area contributed by atoms with Gasteiger partial charge in [0, 0.05) is 25.8 Å². The predicted octanol–water partition coefficient (Wildman–Crippen LogP) is 2.53. The van der Waals surface area contributed by atoms with Gasteiger partial charge in [0.2, 0.25) is 6.10 Å². The molecule has 2 aliphatic rings. The Bertz CT molecular complexity index is 789. The van der Waals surface area contributed by atoms with Crippen LogP contribution in [0.3, 0.4) is 0 Å². The number of pyridine rings is 1. The summed E-state index contributed by atoms with van der Waals surface area (Å²) in [6, 6.07) is 11.4. The molecule has 2 atom stereocenters. The van der Waals surface area contributed by atoms with E-state index in [-0.39, 0.29) is 12.0 Å². The molecule has 0 saturated carbocycles. The minimum Gasteiger partial charge on any atom is -0.482 e. The molecule has 26 heavy (non-hydrogen) atoms. The maximum Gasteiger partial charge on any atom is 0.265 e. The van der Waals surface area contributed by atoms with Crippen LogP contribution in [0.5, 0.6) is 11.5 Å². The second-order valence-corrected chi connectivity index (χ2v) is 6.74. The second kappa shape index (κ2) is 7.23. The van der Waals surface area contributed by atoms with Crippen molar-refractivity contribution in [1.29, 1.82) is 0 Å². The van der Waals surface area contributed by atoms with Crippen LogP contribution in [-0.4, -0.2) is 36.2 Å². The summed E-state index contributed by atoms with van der Waals surface area (Å²) in [5.74, 6) is 2.08. The number of rotatable bonds is 4. The molecule has 0 aliphatic carbocycles. The summed E-state index contributed by atoms with van der Waals surface area (Å²) in [5, 5.41) is 2.96. The number of fused-ring (bicyclic) bond motifs is 1. The fourth-order valence-electron chi connectivity index (χ4n) is 3.39. The van der Waals surface area contributed by atoms with Crippen molar-refractivity contribution in [2.24, 2.45) is 0 Å². The van der Waals surface area contributed by atoms with Gasteiger partial charge in [-0.2, -0.15) is 0 Å². The van der Waals surface area contributed by atoms with Gasteiger partial charge in [-0.3, -0.25) is 4.79 Å². The van der Waals surface area contributed by atoms with Crippen molar-refractivity contribution in [3.05, 3.63) is 48.2 Å². The molecule has 136 valence electrons. The topological polar surface area (TPSA) is 63.7 Å². The number of nitrogens with zero attached hydrogens (tertiary/aromatic N) is 2. The van der Waals surface area contributed by atoms with Crippen LogP contribution in [-0.2, 0) is 11.3 Å². The quantitative estimate of drug-likeness (QED) is 0.915. The monoisotopic (exact) mass is 353 g/mol. The van der Waals surface area contributed by atoms with Crippen molar-refractivity contribution in [3.63, 3.8) is 0 Å². The van der Waals surface area contributed by atoms with Crippen molar-refractivity contribution >= 4 is 11.7 Å². The molecule has 1 aromatic heterocycles. The van der Waals surface area contributed by atoms with Gasteiger partial charge in [0.15, 0.2) is 11.5 Å². The highest BCUT2D eigenvalue weighted by atomic mass is 16.6. The lowest BCUT2D eigenvalue weighted by atomic mass is 10.1. The third-order valence-corrected chi connectivity index (χ3v) is 4.81. The van der Waals surface area contributed by atoms with Gasteiger partial charge in [-0.05, 0) is 49.6 Å². The van der Waals surface area contributed by atoms with Gasteiger partial charge >= 0.3 is 0 Å². The molecule has 1 amide bonds. The van der Waals surface area contributed by atoms with Gasteiger partial charge in [-0.15, -0.1) is 0 Å². The third kappa shape index (κ3) is 3.45. The number of amides is 1. The Hall–Kier alpha value is -2.76. The van der Waals surface area contributed by atoms with E-state index in [2.05, 4.69) is 15.2 Å². The average molecular weight is 353 g/mol. The number of anilines is 1. The number of aromatic nitrogens is 1. The first-order valence-corrected chi connectivity index (χ1v) is 9.10. The highest BCUT2D eigenvalue weighted by molar-refractivity contribution is 5.82. The Morgan fingerprint density at radius 2 is 1.92 bits per heavy atom. The molecule has 0 radical (unpaired) electrons. The molecule has 6 nitrogen and oxygen atoms in total. The number of para-hydroxylation sites is 2.